The van der Waals surface area contributed by atoms with Crippen LogP contribution in [0.1, 0.15) is 75.9 Å². The van der Waals surface area contributed by atoms with E-state index in [2.05, 4.69) is 35.1 Å². The molecule has 5 N–H and O–H groups in total. The van der Waals surface area contributed by atoms with Crippen molar-refractivity contribution in [3.05, 3.63) is 65.2 Å². The number of hydrogen-bond donors (Lipinski definition) is 5. The molecule has 2 aromatic rings. The fourth-order valence-electron chi connectivity index (χ4n) is 4.03. The predicted octanol–water partition coefficient (Wildman–Crippen LogP) is 4.08. The molecule has 5 amide bonds. The minimum atomic E-state index is -1.09. The quantitative estimate of drug-likeness (QED) is 0.129. The van der Waals surface area contributed by atoms with Crippen LogP contribution in [0.4, 0.5) is 15.3 Å². The van der Waals surface area contributed by atoms with E-state index < -0.39 is 47.5 Å². The summed E-state index contributed by atoms with van der Waals surface area (Å²) in [4.78, 5) is 73.5. The summed E-state index contributed by atoms with van der Waals surface area (Å²) >= 11 is 0. The highest BCUT2D eigenvalue weighted by atomic mass is 16.6. The molecule has 2 aromatic carbocycles. The molecule has 0 aliphatic heterocycles. The lowest BCUT2D eigenvalue weighted by atomic mass is 10.1. The number of rotatable bonds is 19. The summed E-state index contributed by atoms with van der Waals surface area (Å²) in [6, 6.07) is 12.0. The molecule has 294 valence electrons. The highest BCUT2D eigenvalue weighted by Gasteiger charge is 2.18. The largest absolute Gasteiger partial charge is 0.478 e. The molecule has 1 unspecified atom stereocenters. The van der Waals surface area contributed by atoms with Gasteiger partial charge in [0.05, 0.1) is 38.5 Å². The number of benzene rings is 2. The van der Waals surface area contributed by atoms with Crippen LogP contribution in [0.3, 0.4) is 0 Å². The van der Waals surface area contributed by atoms with Crippen LogP contribution in [0.2, 0.25) is 0 Å². The van der Waals surface area contributed by atoms with Gasteiger partial charge >= 0.3 is 18.2 Å². The monoisotopic (exact) mass is 745 g/mol. The number of nitrogens with zero attached hydrogens (tertiary/aromatic N) is 1. The van der Waals surface area contributed by atoms with E-state index in [0.717, 1.165) is 0 Å². The molecule has 0 fully saturated rings. The van der Waals surface area contributed by atoms with Crippen LogP contribution in [0.15, 0.2) is 48.5 Å². The number of carbonyl (C=O) groups excluding carboxylic acids is 5. The van der Waals surface area contributed by atoms with E-state index in [1.807, 2.05) is 0 Å². The Labute approximate surface area is 311 Å². The number of carboxylic acid groups (broad SMARTS) is 1. The molecule has 16 heteroatoms. The summed E-state index contributed by atoms with van der Waals surface area (Å²) in [5, 5.41) is 19.6. The first-order valence-electron chi connectivity index (χ1n) is 17.3. The van der Waals surface area contributed by atoms with Crippen molar-refractivity contribution in [2.75, 3.05) is 51.9 Å². The fraction of sp³-hybridized carbons (Fsp3) is 0.514. The van der Waals surface area contributed by atoms with Gasteiger partial charge in [-0.1, -0.05) is 50.6 Å². The third-order valence-corrected chi connectivity index (χ3v) is 6.53. The number of carbonyl (C=O) groups is 6. The smallest absolute Gasteiger partial charge is 0.410 e. The van der Waals surface area contributed by atoms with Crippen molar-refractivity contribution in [3.8, 4) is 0 Å². The van der Waals surface area contributed by atoms with Gasteiger partial charge in [0.1, 0.15) is 18.2 Å². The van der Waals surface area contributed by atoms with E-state index in [9.17, 15) is 33.9 Å². The first-order valence-corrected chi connectivity index (χ1v) is 17.3. The maximum absolute atomic E-state index is 12.6. The number of aromatic carboxylic acids is 1. The lowest BCUT2D eigenvalue weighted by molar-refractivity contribution is -0.128. The van der Waals surface area contributed by atoms with Crippen molar-refractivity contribution < 1.29 is 52.8 Å². The van der Waals surface area contributed by atoms with Crippen molar-refractivity contribution in [1.82, 2.24) is 20.9 Å². The average Bonchev–Trinajstić information content (AvgIpc) is 3.09. The molecular formula is C37H55N5O11. The van der Waals surface area contributed by atoms with Gasteiger partial charge in [-0.3, -0.25) is 14.4 Å². The lowest BCUT2D eigenvalue weighted by Crippen LogP contribution is -2.46. The number of alkyl carbamates (subject to hydrolysis) is 1. The van der Waals surface area contributed by atoms with Crippen LogP contribution >= 0.6 is 0 Å². The Kier molecular flexibility index (Phi) is 21.5. The second-order valence-electron chi connectivity index (χ2n) is 12.7. The topological polar surface area (TPSA) is 211 Å². The average molecular weight is 746 g/mol. The van der Waals surface area contributed by atoms with E-state index in [-0.39, 0.29) is 64.7 Å². The molecule has 0 aliphatic rings. The maximum atomic E-state index is 12.6. The number of anilines is 1. The number of hydrogen-bond acceptors (Lipinski definition) is 10. The number of ether oxygens (including phenoxy) is 4. The number of amides is 5. The van der Waals surface area contributed by atoms with E-state index in [1.165, 1.54) is 31.4 Å². The molecule has 16 nitrogen and oxygen atoms in total. The molecule has 0 aromatic heterocycles. The summed E-state index contributed by atoms with van der Waals surface area (Å²) in [6.07, 6.45) is 0.112. The van der Waals surface area contributed by atoms with E-state index in [4.69, 9.17) is 18.9 Å². The van der Waals surface area contributed by atoms with Crippen LogP contribution in [0.5, 0.6) is 0 Å². The molecule has 0 bridgehead atoms. The van der Waals surface area contributed by atoms with Crippen molar-refractivity contribution in [2.45, 2.75) is 79.2 Å². The SMILES string of the molecule is CC(NC(=O)CNC(=O)CCOCCOCCNC(=O)OC(C)(C)C)C(=O)Nc1ccc(COC(=O)N(C)Cc2ccccc2C(=O)O)cc1.CCC. The maximum Gasteiger partial charge on any atom is 0.410 e. The highest BCUT2D eigenvalue weighted by molar-refractivity contribution is 5.97. The van der Waals surface area contributed by atoms with Gasteiger partial charge < -0.3 is 50.2 Å². The zero-order valence-electron chi connectivity index (χ0n) is 31.7. The zero-order chi connectivity index (χ0) is 39.8. The van der Waals surface area contributed by atoms with Gasteiger partial charge in [-0.2, -0.15) is 0 Å². The Bertz CT molecular complexity index is 1460. The number of carboxylic acids is 1. The third kappa shape index (κ3) is 21.0. The molecule has 0 radical (unpaired) electrons. The van der Waals surface area contributed by atoms with Crippen molar-refractivity contribution in [3.63, 3.8) is 0 Å². The van der Waals surface area contributed by atoms with Crippen LogP contribution < -0.4 is 21.3 Å². The molecule has 0 spiro atoms. The Hall–Kier alpha value is -5.22. The van der Waals surface area contributed by atoms with Gasteiger partial charge in [0.2, 0.25) is 17.7 Å². The summed E-state index contributed by atoms with van der Waals surface area (Å²) < 4.78 is 21.1. The van der Waals surface area contributed by atoms with E-state index in [0.29, 0.717) is 16.8 Å². The third-order valence-electron chi connectivity index (χ3n) is 6.53. The first-order chi connectivity index (χ1) is 25.1. The summed E-state index contributed by atoms with van der Waals surface area (Å²) in [5.74, 6) is -2.52. The molecule has 0 saturated heterocycles. The minimum absolute atomic E-state index is 0.0245. The van der Waals surface area contributed by atoms with Gasteiger partial charge in [0.25, 0.3) is 0 Å². The molecule has 0 aliphatic carbocycles. The van der Waals surface area contributed by atoms with Crippen LogP contribution in [-0.2, 0) is 46.5 Å². The van der Waals surface area contributed by atoms with E-state index >= 15 is 0 Å². The standard InChI is InChI=1S/C34H47N5O11.C3H8/c1-23(37-29(41)20-36-28(40)14-16-47-18-19-48-17-15-35-32(45)50-34(2,3)4)30(42)38-26-12-10-24(11-13-26)22-49-33(46)39(5)21-25-8-6-7-9-27(25)31(43)44;1-3-2/h6-13,23H,14-22H2,1-5H3,(H,35,45)(H,36,40)(H,37,41)(H,38,42)(H,43,44);3H2,1-2H3. The van der Waals surface area contributed by atoms with Crippen molar-refractivity contribution in [2.24, 2.45) is 0 Å². The van der Waals surface area contributed by atoms with Crippen molar-refractivity contribution >= 4 is 41.6 Å². The van der Waals surface area contributed by atoms with Gasteiger partial charge in [0.15, 0.2) is 0 Å². The molecule has 2 rings (SSSR count). The molecule has 1 atom stereocenters. The van der Waals surface area contributed by atoms with Gasteiger partial charge in [-0.05, 0) is 57.0 Å². The number of nitrogens with one attached hydrogen (secondary N) is 4. The van der Waals surface area contributed by atoms with Gasteiger partial charge in [-0.15, -0.1) is 0 Å². The second-order valence-corrected chi connectivity index (χ2v) is 12.7. The summed E-state index contributed by atoms with van der Waals surface area (Å²) in [6.45, 7) is 11.9. The normalized spacial score (nSPS) is 11.2. The second kappa shape index (κ2) is 24.9. The van der Waals surface area contributed by atoms with Crippen molar-refractivity contribution in [1.29, 1.82) is 0 Å². The fourth-order valence-corrected chi connectivity index (χ4v) is 4.03. The molecular weight excluding hydrogens is 690 g/mol. The first kappa shape index (κ1) is 45.8. The van der Waals surface area contributed by atoms with E-state index in [1.54, 1.807) is 63.2 Å². The Morgan fingerprint density at radius 2 is 1.47 bits per heavy atom. The summed E-state index contributed by atoms with van der Waals surface area (Å²) in [7, 11) is 1.50. The highest BCUT2D eigenvalue weighted by Crippen LogP contribution is 2.14. The molecule has 0 saturated carbocycles. The molecule has 0 heterocycles. The Morgan fingerprint density at radius 1 is 0.849 bits per heavy atom. The van der Waals surface area contributed by atoms with Gasteiger partial charge in [0, 0.05) is 32.2 Å². The molecule has 53 heavy (non-hydrogen) atoms. The van der Waals surface area contributed by atoms with Crippen LogP contribution in [0.25, 0.3) is 0 Å². The minimum Gasteiger partial charge on any atom is -0.478 e. The Morgan fingerprint density at radius 3 is 2.09 bits per heavy atom. The predicted molar refractivity (Wildman–Crippen MR) is 197 cm³/mol. The van der Waals surface area contributed by atoms with Crippen LogP contribution in [-0.4, -0.2) is 104 Å². The van der Waals surface area contributed by atoms with Crippen LogP contribution in [0, 0.1) is 0 Å². The summed E-state index contributed by atoms with van der Waals surface area (Å²) in [5.41, 5.74) is 1.10. The zero-order valence-corrected chi connectivity index (χ0v) is 31.7. The lowest BCUT2D eigenvalue weighted by Gasteiger charge is -2.19. The van der Waals surface area contributed by atoms with Gasteiger partial charge in [-0.25, -0.2) is 14.4 Å². The Balaban J connectivity index is 0.00000452.